The van der Waals surface area contributed by atoms with Crippen molar-refractivity contribution < 1.29 is 0 Å². The Bertz CT molecular complexity index is 216. The monoisotopic (exact) mass is 320 g/mol. The molecule has 0 nitrogen and oxygen atoms in total. The summed E-state index contributed by atoms with van der Waals surface area (Å²) in [5.41, 5.74) is 0. The van der Waals surface area contributed by atoms with Gasteiger partial charge in [-0.3, -0.25) is 0 Å². The Hall–Kier alpha value is -0.260. The molecule has 23 heavy (non-hydrogen) atoms. The summed E-state index contributed by atoms with van der Waals surface area (Å²) in [5, 5.41) is 0. The first kappa shape index (κ1) is 22.7. The number of unbranched alkanes of at least 4 members (excludes halogenated alkanes) is 17. The van der Waals surface area contributed by atoms with Crippen LogP contribution in [0.5, 0.6) is 0 Å². The van der Waals surface area contributed by atoms with E-state index in [2.05, 4.69) is 26.0 Å². The highest BCUT2D eigenvalue weighted by Crippen LogP contribution is 2.13. The maximum atomic E-state index is 3.90. The molecule has 0 aliphatic carbocycles. The molecule has 0 rings (SSSR count). The summed E-state index contributed by atoms with van der Waals surface area (Å²) in [7, 11) is 0. The smallest absolute Gasteiger partial charge is 0.0351 e. The van der Waals surface area contributed by atoms with Crippen LogP contribution in [0, 0.1) is 13.8 Å². The average Bonchev–Trinajstić information content (AvgIpc) is 2.57. The van der Waals surface area contributed by atoms with E-state index in [9.17, 15) is 0 Å². The molecule has 0 aromatic carbocycles. The van der Waals surface area contributed by atoms with Crippen molar-refractivity contribution in [1.82, 2.24) is 0 Å². The Morgan fingerprint density at radius 2 is 0.652 bits per heavy atom. The van der Waals surface area contributed by atoms with Crippen molar-refractivity contribution in [2.24, 2.45) is 0 Å². The molecule has 0 heterocycles. The van der Waals surface area contributed by atoms with Crippen molar-refractivity contribution >= 4 is 0 Å². The molecule has 0 N–H and O–H groups in total. The summed E-state index contributed by atoms with van der Waals surface area (Å²) in [5.74, 6) is 0. The normalized spacial score (nSPS) is 11.6. The average molecular weight is 321 g/mol. The fourth-order valence-electron chi connectivity index (χ4n) is 3.06. The van der Waals surface area contributed by atoms with Crippen LogP contribution in [0.2, 0.25) is 0 Å². The van der Waals surface area contributed by atoms with Crippen molar-refractivity contribution in [3.05, 3.63) is 26.0 Å². The number of allylic oxidation sites excluding steroid dienone is 2. The third-order valence-corrected chi connectivity index (χ3v) is 4.66. The third kappa shape index (κ3) is 21.7. The minimum atomic E-state index is 1.07. The molecule has 0 amide bonds. The van der Waals surface area contributed by atoms with E-state index in [0.29, 0.717) is 0 Å². The molecule has 0 aliphatic heterocycles. The lowest BCUT2D eigenvalue weighted by Crippen LogP contribution is -1.83. The molecule has 0 fully saturated rings. The Labute approximate surface area is 148 Å². The largest absolute Gasteiger partial charge is 0.0885 e. The Morgan fingerprint density at radius 1 is 0.348 bits per heavy atom. The maximum Gasteiger partial charge on any atom is -0.0351 e. The van der Waals surface area contributed by atoms with Gasteiger partial charge in [-0.1, -0.05) is 122 Å². The van der Waals surface area contributed by atoms with Gasteiger partial charge in [0.15, 0.2) is 0 Å². The third-order valence-electron chi connectivity index (χ3n) is 4.66. The molecule has 0 atom stereocenters. The molecule has 0 aliphatic rings. The molecule has 0 unspecified atom stereocenters. The van der Waals surface area contributed by atoms with Crippen molar-refractivity contribution in [3.8, 4) is 0 Å². The standard InChI is InChI=1S/C23H44/c1-3-5-7-9-11-13-15-17-19-21-23-22-20-18-16-14-12-10-8-6-4-2/h9,11H,1-8,10,12-23H2. The minimum Gasteiger partial charge on any atom is -0.0885 e. The maximum absolute atomic E-state index is 3.90. The second-order valence-corrected chi connectivity index (χ2v) is 7.06. The molecule has 0 aromatic heterocycles. The van der Waals surface area contributed by atoms with E-state index in [1.54, 1.807) is 0 Å². The predicted molar refractivity (Wildman–Crippen MR) is 108 cm³/mol. The zero-order valence-electron chi connectivity index (χ0n) is 16.0. The van der Waals surface area contributed by atoms with Crippen molar-refractivity contribution in [2.75, 3.05) is 0 Å². The molecule has 0 heteroatoms. The van der Waals surface area contributed by atoms with Gasteiger partial charge in [0.2, 0.25) is 0 Å². The first-order chi connectivity index (χ1) is 11.4. The lowest BCUT2D eigenvalue weighted by molar-refractivity contribution is 0.534. The van der Waals surface area contributed by atoms with Gasteiger partial charge in [0.05, 0.1) is 0 Å². The van der Waals surface area contributed by atoms with Crippen LogP contribution in [-0.4, -0.2) is 0 Å². The van der Waals surface area contributed by atoms with Crippen molar-refractivity contribution in [2.45, 2.75) is 122 Å². The number of hydrogen-bond acceptors (Lipinski definition) is 0. The van der Waals surface area contributed by atoms with Gasteiger partial charge in [0, 0.05) is 0 Å². The van der Waals surface area contributed by atoms with Crippen LogP contribution in [0.3, 0.4) is 0 Å². The molecule has 2 radical (unpaired) electrons. The summed E-state index contributed by atoms with van der Waals surface area (Å²) in [6, 6.07) is 0. The Kier molecular flexibility index (Phi) is 21.5. The summed E-state index contributed by atoms with van der Waals surface area (Å²) < 4.78 is 0. The van der Waals surface area contributed by atoms with Crippen molar-refractivity contribution in [3.63, 3.8) is 0 Å². The van der Waals surface area contributed by atoms with Gasteiger partial charge in [-0.05, 0) is 25.7 Å². The Morgan fingerprint density at radius 3 is 1.04 bits per heavy atom. The fourth-order valence-corrected chi connectivity index (χ4v) is 3.06. The number of hydrogen-bond donors (Lipinski definition) is 0. The van der Waals surface area contributed by atoms with Gasteiger partial charge >= 0.3 is 0 Å². The number of rotatable bonds is 19. The predicted octanol–water partition coefficient (Wildman–Crippen LogP) is 8.62. The van der Waals surface area contributed by atoms with Crippen LogP contribution < -0.4 is 0 Å². The summed E-state index contributed by atoms with van der Waals surface area (Å²) >= 11 is 0. The van der Waals surface area contributed by atoms with E-state index in [1.165, 1.54) is 109 Å². The Balaban J connectivity index is 2.98. The van der Waals surface area contributed by atoms with Crippen LogP contribution in [-0.2, 0) is 0 Å². The lowest BCUT2D eigenvalue weighted by atomic mass is 10.0. The highest BCUT2D eigenvalue weighted by molar-refractivity contribution is 4.81. The van der Waals surface area contributed by atoms with E-state index in [-0.39, 0.29) is 0 Å². The van der Waals surface area contributed by atoms with Crippen LogP contribution in [0.25, 0.3) is 0 Å². The summed E-state index contributed by atoms with van der Waals surface area (Å²) in [4.78, 5) is 0. The fraction of sp³-hybridized carbons (Fsp3) is 0.826. The van der Waals surface area contributed by atoms with Gasteiger partial charge in [0.25, 0.3) is 0 Å². The van der Waals surface area contributed by atoms with Crippen LogP contribution in [0.4, 0.5) is 0 Å². The van der Waals surface area contributed by atoms with Gasteiger partial charge in [-0.2, -0.15) is 0 Å². The second-order valence-electron chi connectivity index (χ2n) is 7.06. The molecular weight excluding hydrogens is 276 g/mol. The quantitative estimate of drug-likeness (QED) is 0.165. The van der Waals surface area contributed by atoms with E-state index < -0.39 is 0 Å². The molecule has 0 spiro atoms. The lowest BCUT2D eigenvalue weighted by Gasteiger charge is -2.03. The summed E-state index contributed by atoms with van der Waals surface area (Å²) in [6.45, 7) is 7.76. The zero-order valence-corrected chi connectivity index (χ0v) is 16.0. The molecule has 136 valence electrons. The van der Waals surface area contributed by atoms with Gasteiger partial charge in [-0.15, -0.1) is 0 Å². The highest BCUT2D eigenvalue weighted by Gasteiger charge is 1.94. The van der Waals surface area contributed by atoms with E-state index in [1.807, 2.05) is 0 Å². The molecule has 0 bridgehead atoms. The van der Waals surface area contributed by atoms with Crippen LogP contribution in [0.15, 0.2) is 12.2 Å². The molecule has 0 saturated heterocycles. The van der Waals surface area contributed by atoms with Crippen molar-refractivity contribution in [1.29, 1.82) is 0 Å². The zero-order chi connectivity index (χ0) is 16.8. The van der Waals surface area contributed by atoms with E-state index >= 15 is 0 Å². The molecular formula is C23H44. The van der Waals surface area contributed by atoms with Gasteiger partial charge in [0.1, 0.15) is 0 Å². The molecule has 0 saturated carbocycles. The van der Waals surface area contributed by atoms with Gasteiger partial charge in [-0.25, -0.2) is 0 Å². The van der Waals surface area contributed by atoms with Crippen LogP contribution in [0.1, 0.15) is 122 Å². The summed E-state index contributed by atoms with van der Waals surface area (Å²) in [6.07, 6.45) is 30.7. The first-order valence-electron chi connectivity index (χ1n) is 10.6. The second kappa shape index (κ2) is 21.7. The van der Waals surface area contributed by atoms with Crippen LogP contribution >= 0.6 is 0 Å². The van der Waals surface area contributed by atoms with E-state index in [4.69, 9.17) is 0 Å². The minimum absolute atomic E-state index is 1.07. The molecule has 0 aromatic rings. The first-order valence-corrected chi connectivity index (χ1v) is 10.6. The van der Waals surface area contributed by atoms with Gasteiger partial charge < -0.3 is 0 Å². The van der Waals surface area contributed by atoms with E-state index in [0.717, 1.165) is 12.8 Å². The topological polar surface area (TPSA) is 0 Å². The SMILES string of the molecule is [CH2]CCCC=CCCCCCCCCCCCCCCCC[CH2]. The highest BCUT2D eigenvalue weighted by atomic mass is 14.0.